The summed E-state index contributed by atoms with van der Waals surface area (Å²) in [6, 6.07) is 10.1. The molecule has 1 saturated heterocycles. The fourth-order valence-electron chi connectivity index (χ4n) is 4.26. The predicted molar refractivity (Wildman–Crippen MR) is 88.4 cm³/mol. The molecule has 1 aliphatic carbocycles. The second kappa shape index (κ2) is 6.47. The molecule has 0 saturated carbocycles. The van der Waals surface area contributed by atoms with E-state index in [1.54, 1.807) is 0 Å². The number of rotatable bonds is 4. The van der Waals surface area contributed by atoms with Crippen LogP contribution in [0.4, 0.5) is 0 Å². The number of fused-ring (bicyclic) bond motifs is 1. The van der Waals surface area contributed by atoms with Crippen molar-refractivity contribution in [1.82, 2.24) is 9.80 Å². The number of nitrogens with zero attached hydrogens (tertiary/aromatic N) is 2. The topological polar surface area (TPSA) is 32.5 Å². The summed E-state index contributed by atoms with van der Waals surface area (Å²) in [5.74, 6) is 0. The summed E-state index contributed by atoms with van der Waals surface area (Å²) in [6.07, 6.45) is 5.05. The largest absolute Gasteiger partial charge is 0.323 e. The Morgan fingerprint density at radius 1 is 1.29 bits per heavy atom. The van der Waals surface area contributed by atoms with E-state index >= 15 is 0 Å². The molecule has 21 heavy (non-hydrogen) atoms. The zero-order valence-corrected chi connectivity index (χ0v) is 13.5. The molecule has 3 rings (SSSR count). The standard InChI is InChI=1S/C18H29N3/c1-3-21-12-6-8-15(21)13-20(2)17-11-10-14-7-4-5-9-16(14)18(17)19/h4-5,7,9,15,17-18H,3,6,8,10-13,19H2,1-2H3. The van der Waals surface area contributed by atoms with Crippen LogP contribution in [-0.2, 0) is 6.42 Å². The van der Waals surface area contributed by atoms with Gasteiger partial charge in [0.1, 0.15) is 0 Å². The van der Waals surface area contributed by atoms with Crippen molar-refractivity contribution in [2.75, 3.05) is 26.7 Å². The van der Waals surface area contributed by atoms with Crippen molar-refractivity contribution in [3.8, 4) is 0 Å². The van der Waals surface area contributed by atoms with E-state index in [2.05, 4.69) is 48.0 Å². The van der Waals surface area contributed by atoms with Gasteiger partial charge in [-0.2, -0.15) is 0 Å². The Morgan fingerprint density at radius 3 is 2.90 bits per heavy atom. The van der Waals surface area contributed by atoms with Crippen molar-refractivity contribution < 1.29 is 0 Å². The highest BCUT2D eigenvalue weighted by atomic mass is 15.2. The van der Waals surface area contributed by atoms with Crippen LogP contribution in [0.25, 0.3) is 0 Å². The molecule has 1 aromatic rings. The zero-order chi connectivity index (χ0) is 14.8. The Labute approximate surface area is 129 Å². The fourth-order valence-corrected chi connectivity index (χ4v) is 4.26. The van der Waals surface area contributed by atoms with Gasteiger partial charge < -0.3 is 5.73 Å². The Hall–Kier alpha value is -0.900. The molecule has 0 aromatic heterocycles. The van der Waals surface area contributed by atoms with Gasteiger partial charge in [0.25, 0.3) is 0 Å². The second-order valence-electron chi connectivity index (χ2n) is 6.69. The van der Waals surface area contributed by atoms with Crippen LogP contribution in [0.5, 0.6) is 0 Å². The molecule has 3 heteroatoms. The van der Waals surface area contributed by atoms with Crippen LogP contribution in [0, 0.1) is 0 Å². The number of likely N-dealkylation sites (N-methyl/N-ethyl adjacent to an activating group) is 2. The quantitative estimate of drug-likeness (QED) is 0.923. The van der Waals surface area contributed by atoms with Gasteiger partial charge in [0, 0.05) is 24.7 Å². The third kappa shape index (κ3) is 3.01. The molecule has 0 amide bonds. The maximum atomic E-state index is 6.58. The highest BCUT2D eigenvalue weighted by molar-refractivity contribution is 5.33. The first-order valence-electron chi connectivity index (χ1n) is 8.48. The summed E-state index contributed by atoms with van der Waals surface area (Å²) in [7, 11) is 2.27. The van der Waals surface area contributed by atoms with Crippen LogP contribution < -0.4 is 5.73 Å². The van der Waals surface area contributed by atoms with E-state index in [4.69, 9.17) is 5.73 Å². The molecule has 0 radical (unpaired) electrons. The van der Waals surface area contributed by atoms with E-state index in [1.165, 1.54) is 49.9 Å². The van der Waals surface area contributed by atoms with Crippen molar-refractivity contribution in [1.29, 1.82) is 0 Å². The van der Waals surface area contributed by atoms with E-state index in [1.807, 2.05) is 0 Å². The van der Waals surface area contributed by atoms with E-state index in [0.29, 0.717) is 6.04 Å². The number of benzene rings is 1. The van der Waals surface area contributed by atoms with Crippen LogP contribution in [-0.4, -0.2) is 48.6 Å². The Bertz CT molecular complexity index is 473. The lowest BCUT2D eigenvalue weighted by Crippen LogP contribution is -2.48. The van der Waals surface area contributed by atoms with Gasteiger partial charge in [-0.15, -0.1) is 0 Å². The first-order chi connectivity index (χ1) is 10.2. The first kappa shape index (κ1) is 15.0. The molecule has 1 heterocycles. The van der Waals surface area contributed by atoms with Crippen LogP contribution in [0.15, 0.2) is 24.3 Å². The van der Waals surface area contributed by atoms with Gasteiger partial charge in [-0.3, -0.25) is 9.80 Å². The van der Waals surface area contributed by atoms with Crippen molar-refractivity contribution in [2.45, 2.75) is 50.7 Å². The van der Waals surface area contributed by atoms with Gasteiger partial charge in [-0.05, 0) is 56.9 Å². The number of hydrogen-bond acceptors (Lipinski definition) is 3. The van der Waals surface area contributed by atoms with Crippen molar-refractivity contribution in [3.05, 3.63) is 35.4 Å². The number of likely N-dealkylation sites (tertiary alicyclic amines) is 1. The fraction of sp³-hybridized carbons (Fsp3) is 0.667. The van der Waals surface area contributed by atoms with Gasteiger partial charge in [-0.25, -0.2) is 0 Å². The maximum absolute atomic E-state index is 6.58. The minimum absolute atomic E-state index is 0.163. The summed E-state index contributed by atoms with van der Waals surface area (Å²) >= 11 is 0. The van der Waals surface area contributed by atoms with Crippen LogP contribution in [0.1, 0.15) is 43.4 Å². The molecule has 0 bridgehead atoms. The molecule has 2 aliphatic rings. The van der Waals surface area contributed by atoms with Gasteiger partial charge in [0.05, 0.1) is 0 Å². The molecule has 0 spiro atoms. The van der Waals surface area contributed by atoms with E-state index in [9.17, 15) is 0 Å². The summed E-state index contributed by atoms with van der Waals surface area (Å²) in [4.78, 5) is 5.15. The number of nitrogens with two attached hydrogens (primary N) is 1. The Kier molecular flexibility index (Phi) is 4.63. The minimum atomic E-state index is 0.163. The summed E-state index contributed by atoms with van der Waals surface area (Å²) in [5.41, 5.74) is 9.39. The lowest BCUT2D eigenvalue weighted by atomic mass is 9.84. The normalized spacial score (nSPS) is 29.8. The zero-order valence-electron chi connectivity index (χ0n) is 13.5. The van der Waals surface area contributed by atoms with E-state index < -0.39 is 0 Å². The van der Waals surface area contributed by atoms with Gasteiger partial charge >= 0.3 is 0 Å². The van der Waals surface area contributed by atoms with Crippen LogP contribution in [0.3, 0.4) is 0 Å². The molecule has 1 fully saturated rings. The summed E-state index contributed by atoms with van der Waals surface area (Å²) < 4.78 is 0. The number of hydrogen-bond donors (Lipinski definition) is 1. The minimum Gasteiger partial charge on any atom is -0.323 e. The van der Waals surface area contributed by atoms with E-state index in [-0.39, 0.29) is 6.04 Å². The SMILES string of the molecule is CCN1CCCC1CN(C)C1CCc2ccccc2C1N. The molecule has 2 N–H and O–H groups in total. The molecular weight excluding hydrogens is 258 g/mol. The van der Waals surface area contributed by atoms with Crippen molar-refractivity contribution >= 4 is 0 Å². The van der Waals surface area contributed by atoms with Gasteiger partial charge in [0.2, 0.25) is 0 Å². The average molecular weight is 287 g/mol. The maximum Gasteiger partial charge on any atom is 0.0455 e. The van der Waals surface area contributed by atoms with E-state index in [0.717, 1.165) is 12.6 Å². The highest BCUT2D eigenvalue weighted by Gasteiger charge is 2.32. The van der Waals surface area contributed by atoms with Crippen molar-refractivity contribution in [3.63, 3.8) is 0 Å². The third-order valence-electron chi connectivity index (χ3n) is 5.51. The number of aryl methyl sites for hydroxylation is 1. The molecule has 3 atom stereocenters. The molecule has 1 aromatic carbocycles. The first-order valence-corrected chi connectivity index (χ1v) is 8.48. The van der Waals surface area contributed by atoms with Gasteiger partial charge in [0.15, 0.2) is 0 Å². The summed E-state index contributed by atoms with van der Waals surface area (Å²) in [6.45, 7) is 5.89. The lowest BCUT2D eigenvalue weighted by Gasteiger charge is -2.39. The molecule has 1 aliphatic heterocycles. The van der Waals surface area contributed by atoms with Crippen LogP contribution in [0.2, 0.25) is 0 Å². The molecule has 116 valence electrons. The van der Waals surface area contributed by atoms with Crippen molar-refractivity contribution in [2.24, 2.45) is 5.73 Å². The lowest BCUT2D eigenvalue weighted by molar-refractivity contribution is 0.138. The van der Waals surface area contributed by atoms with Crippen LogP contribution >= 0.6 is 0 Å². The highest BCUT2D eigenvalue weighted by Crippen LogP contribution is 2.31. The Morgan fingerprint density at radius 2 is 2.10 bits per heavy atom. The molecule has 3 unspecified atom stereocenters. The molecule has 3 nitrogen and oxygen atoms in total. The average Bonchev–Trinajstić information content (AvgIpc) is 2.95. The second-order valence-corrected chi connectivity index (χ2v) is 6.69. The Balaban J connectivity index is 1.67. The monoisotopic (exact) mass is 287 g/mol. The summed E-state index contributed by atoms with van der Waals surface area (Å²) in [5, 5.41) is 0. The van der Waals surface area contributed by atoms with Gasteiger partial charge in [-0.1, -0.05) is 31.2 Å². The third-order valence-corrected chi connectivity index (χ3v) is 5.51. The predicted octanol–water partition coefficient (Wildman–Crippen LogP) is 2.42. The smallest absolute Gasteiger partial charge is 0.0455 e. The molecular formula is C18H29N3.